The Bertz CT molecular complexity index is 1200. The van der Waals surface area contributed by atoms with E-state index < -0.39 is 5.60 Å². The van der Waals surface area contributed by atoms with Crippen LogP contribution in [0.2, 0.25) is 0 Å². The molecule has 4 heterocycles. The molecule has 3 fully saturated rings. The van der Waals surface area contributed by atoms with Gasteiger partial charge in [0.05, 0.1) is 43.2 Å². The van der Waals surface area contributed by atoms with Gasteiger partial charge in [0.2, 0.25) is 0 Å². The van der Waals surface area contributed by atoms with Crippen LogP contribution >= 0.6 is 0 Å². The molecule has 0 radical (unpaired) electrons. The number of hydrogen-bond acceptors (Lipinski definition) is 7. The molecule has 3 aliphatic rings. The van der Waals surface area contributed by atoms with E-state index in [0.29, 0.717) is 23.8 Å². The molecule has 33 heavy (non-hydrogen) atoms. The van der Waals surface area contributed by atoms with Crippen molar-refractivity contribution < 1.29 is 14.6 Å². The number of rotatable bonds is 4. The minimum atomic E-state index is -0.537. The molecular formula is C25H31N5O3. The Morgan fingerprint density at radius 3 is 2.64 bits per heavy atom. The van der Waals surface area contributed by atoms with E-state index >= 15 is 0 Å². The normalized spacial score (nSPS) is 29.2. The Morgan fingerprint density at radius 1 is 1.15 bits per heavy atom. The van der Waals surface area contributed by atoms with Crippen LogP contribution in [-0.2, 0) is 4.74 Å². The molecule has 2 atom stereocenters. The fourth-order valence-corrected chi connectivity index (χ4v) is 5.81. The number of anilines is 1. The van der Waals surface area contributed by atoms with Gasteiger partial charge in [-0.15, -0.1) is 0 Å². The maximum Gasteiger partial charge on any atom is 0.320 e. The van der Waals surface area contributed by atoms with Crippen molar-refractivity contribution in [3.63, 3.8) is 0 Å². The maximum atomic E-state index is 10.4. The number of ether oxygens (including phenoxy) is 2. The highest BCUT2D eigenvalue weighted by atomic mass is 16.5. The number of nitrogens with zero attached hydrogens (tertiary/aromatic N) is 5. The van der Waals surface area contributed by atoms with Crippen LogP contribution in [0.3, 0.4) is 0 Å². The third-order valence-corrected chi connectivity index (χ3v) is 7.73. The standard InChI is InChI=1S/C25H31N5O3/c1-15-8-17-12-26-30(21(17)10-20(15)16-4-6-25(2,31)7-5-16)23-11-22(27-24(28-23)32-3)29-13-19-9-18(29)14-33-19/h8,10-12,16,18-19,31H,4-7,9,13-14H2,1-3H3/t16-,18-,19-,25-/m1/s1. The van der Waals surface area contributed by atoms with Crippen LogP contribution in [0.4, 0.5) is 5.82 Å². The number of morpholine rings is 1. The summed E-state index contributed by atoms with van der Waals surface area (Å²) in [6.45, 7) is 5.72. The Labute approximate surface area is 193 Å². The highest BCUT2D eigenvalue weighted by molar-refractivity contribution is 5.82. The summed E-state index contributed by atoms with van der Waals surface area (Å²) in [5.41, 5.74) is 3.12. The van der Waals surface area contributed by atoms with Gasteiger partial charge in [0.25, 0.3) is 0 Å². The van der Waals surface area contributed by atoms with Crippen LogP contribution in [0.25, 0.3) is 16.7 Å². The summed E-state index contributed by atoms with van der Waals surface area (Å²) in [5.74, 6) is 2.02. The van der Waals surface area contributed by atoms with Crippen molar-refractivity contribution in [3.8, 4) is 11.8 Å². The summed E-state index contributed by atoms with van der Waals surface area (Å²) in [4.78, 5) is 11.6. The maximum absolute atomic E-state index is 10.4. The number of methoxy groups -OCH3 is 1. The topological polar surface area (TPSA) is 85.5 Å². The third-order valence-electron chi connectivity index (χ3n) is 7.73. The second-order valence-electron chi connectivity index (χ2n) is 10.2. The van der Waals surface area contributed by atoms with Gasteiger partial charge in [-0.25, -0.2) is 4.68 Å². The molecule has 1 aliphatic carbocycles. The van der Waals surface area contributed by atoms with E-state index in [4.69, 9.17) is 14.6 Å². The van der Waals surface area contributed by atoms with Crippen molar-refractivity contribution in [2.75, 3.05) is 25.2 Å². The molecule has 1 aromatic carbocycles. The van der Waals surface area contributed by atoms with Gasteiger partial charge in [-0.3, -0.25) is 0 Å². The first kappa shape index (κ1) is 20.9. The molecule has 174 valence electrons. The number of aryl methyl sites for hydroxylation is 1. The molecule has 3 aromatic rings. The summed E-state index contributed by atoms with van der Waals surface area (Å²) < 4.78 is 13.1. The first-order chi connectivity index (χ1) is 15.9. The first-order valence-corrected chi connectivity index (χ1v) is 11.9. The Hall–Kier alpha value is -2.71. The van der Waals surface area contributed by atoms with Gasteiger partial charge < -0.3 is 19.5 Å². The lowest BCUT2D eigenvalue weighted by molar-refractivity contribution is 0.0171. The predicted molar refractivity (Wildman–Crippen MR) is 125 cm³/mol. The van der Waals surface area contributed by atoms with E-state index in [1.54, 1.807) is 7.11 Å². The Kier molecular flexibility index (Phi) is 4.85. The van der Waals surface area contributed by atoms with Crippen LogP contribution in [-0.4, -0.2) is 62.9 Å². The summed E-state index contributed by atoms with van der Waals surface area (Å²) in [7, 11) is 1.60. The SMILES string of the molecule is COc1nc(N2C[C@H]3C[C@@H]2CO3)cc(-n2ncc3cc(C)c([C@H]4CC[C@](C)(O)CC4)cc32)n1. The summed E-state index contributed by atoms with van der Waals surface area (Å²) in [6.07, 6.45) is 6.90. The largest absolute Gasteiger partial charge is 0.467 e. The van der Waals surface area contributed by atoms with Gasteiger partial charge >= 0.3 is 6.01 Å². The second-order valence-corrected chi connectivity index (χ2v) is 10.2. The molecule has 0 unspecified atom stereocenters. The van der Waals surface area contributed by atoms with E-state index in [9.17, 15) is 5.11 Å². The molecule has 8 heteroatoms. The van der Waals surface area contributed by atoms with Crippen molar-refractivity contribution in [2.45, 2.75) is 69.6 Å². The summed E-state index contributed by atoms with van der Waals surface area (Å²) in [6, 6.07) is 7.19. The zero-order valence-electron chi connectivity index (χ0n) is 19.5. The minimum Gasteiger partial charge on any atom is -0.467 e. The van der Waals surface area contributed by atoms with Crippen LogP contribution < -0.4 is 9.64 Å². The average Bonchev–Trinajstić information content (AvgIpc) is 3.54. The quantitative estimate of drug-likeness (QED) is 0.652. The number of fused-ring (bicyclic) bond motifs is 3. The third kappa shape index (κ3) is 3.65. The molecule has 2 saturated heterocycles. The minimum absolute atomic E-state index is 0.284. The number of hydrogen-bond donors (Lipinski definition) is 1. The lowest BCUT2D eigenvalue weighted by Crippen LogP contribution is -2.37. The molecule has 8 nitrogen and oxygen atoms in total. The van der Waals surface area contributed by atoms with Crippen LogP contribution in [0.15, 0.2) is 24.4 Å². The summed E-state index contributed by atoms with van der Waals surface area (Å²) >= 11 is 0. The fraction of sp³-hybridized carbons (Fsp3) is 0.560. The smallest absolute Gasteiger partial charge is 0.320 e. The lowest BCUT2D eigenvalue weighted by Gasteiger charge is -2.34. The fourth-order valence-electron chi connectivity index (χ4n) is 5.81. The van der Waals surface area contributed by atoms with Gasteiger partial charge in [-0.2, -0.15) is 15.1 Å². The van der Waals surface area contributed by atoms with Crippen molar-refractivity contribution >= 4 is 16.7 Å². The highest BCUT2D eigenvalue weighted by Crippen LogP contribution is 2.40. The van der Waals surface area contributed by atoms with Gasteiger partial charge in [-0.1, -0.05) is 0 Å². The molecule has 1 N–H and O–H groups in total. The monoisotopic (exact) mass is 449 g/mol. The number of aliphatic hydroxyl groups is 1. The first-order valence-electron chi connectivity index (χ1n) is 11.9. The van der Waals surface area contributed by atoms with Crippen molar-refractivity contribution in [1.29, 1.82) is 0 Å². The van der Waals surface area contributed by atoms with Gasteiger partial charge in [0.1, 0.15) is 5.82 Å². The number of benzene rings is 1. The second kappa shape index (κ2) is 7.67. The predicted octanol–water partition coefficient (Wildman–Crippen LogP) is 3.52. The molecule has 0 amide bonds. The summed E-state index contributed by atoms with van der Waals surface area (Å²) in [5, 5.41) is 16.2. The Morgan fingerprint density at radius 2 is 1.94 bits per heavy atom. The van der Waals surface area contributed by atoms with Gasteiger partial charge in [0.15, 0.2) is 5.82 Å². The van der Waals surface area contributed by atoms with Gasteiger partial charge in [-0.05, 0) is 75.1 Å². The molecule has 2 bridgehead atoms. The molecular weight excluding hydrogens is 418 g/mol. The molecule has 2 aliphatic heterocycles. The van der Waals surface area contributed by atoms with Crippen LogP contribution in [0.1, 0.15) is 56.1 Å². The number of aromatic nitrogens is 4. The van der Waals surface area contributed by atoms with Crippen LogP contribution in [0, 0.1) is 6.92 Å². The van der Waals surface area contributed by atoms with Crippen molar-refractivity contribution in [2.24, 2.45) is 0 Å². The van der Waals surface area contributed by atoms with E-state index in [0.717, 1.165) is 62.0 Å². The lowest BCUT2D eigenvalue weighted by atomic mass is 9.76. The Balaban J connectivity index is 1.40. The van der Waals surface area contributed by atoms with Crippen LogP contribution in [0.5, 0.6) is 6.01 Å². The van der Waals surface area contributed by atoms with E-state index in [-0.39, 0.29) is 6.10 Å². The van der Waals surface area contributed by atoms with Crippen molar-refractivity contribution in [1.82, 2.24) is 19.7 Å². The van der Waals surface area contributed by atoms with E-state index in [1.807, 2.05) is 23.9 Å². The van der Waals surface area contributed by atoms with E-state index in [2.05, 4.69) is 33.9 Å². The average molecular weight is 450 g/mol. The van der Waals surface area contributed by atoms with Crippen molar-refractivity contribution in [3.05, 3.63) is 35.5 Å². The molecule has 0 spiro atoms. The zero-order chi connectivity index (χ0) is 22.7. The zero-order valence-corrected chi connectivity index (χ0v) is 19.5. The highest BCUT2D eigenvalue weighted by Gasteiger charge is 2.40. The molecule has 6 rings (SSSR count). The van der Waals surface area contributed by atoms with E-state index in [1.165, 1.54) is 11.1 Å². The molecule has 2 aromatic heterocycles. The molecule has 1 saturated carbocycles. The van der Waals surface area contributed by atoms with Gasteiger partial charge in [0, 0.05) is 18.0 Å².